The predicted octanol–water partition coefficient (Wildman–Crippen LogP) is 0.577. The molecule has 10 heavy (non-hydrogen) atoms. The Kier molecular flexibility index (Phi) is 2.36. The van der Waals surface area contributed by atoms with Crippen LogP contribution in [0.25, 0.3) is 11.0 Å². The van der Waals surface area contributed by atoms with Gasteiger partial charge in [-0.1, -0.05) is 12.1 Å². The standard InChI is InChI=1S/C6H5N3.Pb/c1-2-4-6-5(3-1)7-9-8-6;/h1-4H,(H,7,8,9);. The van der Waals surface area contributed by atoms with E-state index in [2.05, 4.69) is 15.4 Å². The van der Waals surface area contributed by atoms with Crippen molar-refractivity contribution in [1.29, 1.82) is 0 Å². The van der Waals surface area contributed by atoms with Gasteiger partial charge in [-0.2, -0.15) is 15.4 Å². The van der Waals surface area contributed by atoms with Crippen LogP contribution in [-0.2, 0) is 0 Å². The van der Waals surface area contributed by atoms with Crippen LogP contribution in [0.2, 0.25) is 0 Å². The second-order valence-corrected chi connectivity index (χ2v) is 1.81. The normalized spacial score (nSPS) is 9.20. The average Bonchev–Trinajstić information content (AvgIpc) is 2.33. The molecule has 0 atom stereocenters. The van der Waals surface area contributed by atoms with Crippen molar-refractivity contribution in [2.45, 2.75) is 0 Å². The maximum absolute atomic E-state index is 3.88. The summed E-state index contributed by atoms with van der Waals surface area (Å²) < 4.78 is 0. The number of nitrogens with zero attached hydrogens (tertiary/aromatic N) is 2. The summed E-state index contributed by atoms with van der Waals surface area (Å²) in [5, 5.41) is 10.3. The number of hydrogen-bond donors (Lipinski definition) is 1. The number of rotatable bonds is 0. The summed E-state index contributed by atoms with van der Waals surface area (Å²) in [6.45, 7) is 0. The zero-order valence-corrected chi connectivity index (χ0v) is 9.09. The fourth-order valence-corrected chi connectivity index (χ4v) is 0.786. The third kappa shape index (κ3) is 1.18. The largest absolute Gasteiger partial charge is 0.197 e. The topological polar surface area (TPSA) is 41.6 Å². The Balaban J connectivity index is 0.000000500. The van der Waals surface area contributed by atoms with Gasteiger partial charge < -0.3 is 0 Å². The van der Waals surface area contributed by atoms with Crippen molar-refractivity contribution in [3.63, 3.8) is 0 Å². The Morgan fingerprint density at radius 1 is 1.00 bits per heavy atom. The van der Waals surface area contributed by atoms with Crippen LogP contribution in [-0.4, -0.2) is 42.7 Å². The molecule has 48 valence electrons. The third-order valence-corrected chi connectivity index (χ3v) is 1.22. The Morgan fingerprint density at radius 2 is 1.50 bits per heavy atom. The Hall–Kier alpha value is -0.458. The van der Waals surface area contributed by atoms with E-state index in [1.54, 1.807) is 0 Å². The minimum absolute atomic E-state index is 0. The first-order valence-corrected chi connectivity index (χ1v) is 2.72. The summed E-state index contributed by atoms with van der Waals surface area (Å²) in [5.74, 6) is 0. The van der Waals surface area contributed by atoms with Crippen molar-refractivity contribution in [1.82, 2.24) is 15.4 Å². The van der Waals surface area contributed by atoms with E-state index in [9.17, 15) is 0 Å². The first-order valence-electron chi connectivity index (χ1n) is 2.72. The zero-order valence-electron chi connectivity index (χ0n) is 5.20. The van der Waals surface area contributed by atoms with E-state index in [1.165, 1.54) is 0 Å². The summed E-state index contributed by atoms with van der Waals surface area (Å²) in [6.07, 6.45) is 0. The minimum Gasteiger partial charge on any atom is -0.197 e. The van der Waals surface area contributed by atoms with E-state index in [0.29, 0.717) is 0 Å². The summed E-state index contributed by atoms with van der Waals surface area (Å²) >= 11 is 0. The van der Waals surface area contributed by atoms with Gasteiger partial charge in [0.1, 0.15) is 11.0 Å². The van der Waals surface area contributed by atoms with Gasteiger partial charge in [0.25, 0.3) is 0 Å². The van der Waals surface area contributed by atoms with Crippen LogP contribution in [0.4, 0.5) is 0 Å². The van der Waals surface area contributed by atoms with Gasteiger partial charge in [0.15, 0.2) is 0 Å². The van der Waals surface area contributed by atoms with Crippen LogP contribution in [0.3, 0.4) is 0 Å². The van der Waals surface area contributed by atoms with E-state index >= 15 is 0 Å². The molecule has 1 aromatic heterocycles. The molecule has 0 aliphatic carbocycles. The first kappa shape index (κ1) is 7.65. The number of aromatic amines is 1. The van der Waals surface area contributed by atoms with E-state index in [4.69, 9.17) is 0 Å². The van der Waals surface area contributed by atoms with E-state index in [-0.39, 0.29) is 27.3 Å². The van der Waals surface area contributed by atoms with Crippen molar-refractivity contribution < 1.29 is 0 Å². The van der Waals surface area contributed by atoms with Crippen LogP contribution < -0.4 is 0 Å². The van der Waals surface area contributed by atoms with Crippen molar-refractivity contribution in [3.8, 4) is 0 Å². The fraction of sp³-hybridized carbons (Fsp3) is 0. The van der Waals surface area contributed by atoms with Gasteiger partial charge in [-0.15, -0.1) is 0 Å². The van der Waals surface area contributed by atoms with Crippen LogP contribution in [0.15, 0.2) is 24.3 Å². The molecule has 0 bridgehead atoms. The number of benzene rings is 1. The monoisotopic (exact) mass is 327 g/mol. The Morgan fingerprint density at radius 3 is 2.00 bits per heavy atom. The SMILES string of the molecule is [Pb].c1ccc2n[nH]nc2c1. The quantitative estimate of drug-likeness (QED) is 0.720. The van der Waals surface area contributed by atoms with Gasteiger partial charge in [0.2, 0.25) is 0 Å². The number of para-hydroxylation sites is 2. The molecule has 1 N–H and O–H groups in total. The molecular weight excluding hydrogens is 321 g/mol. The van der Waals surface area contributed by atoms with Gasteiger partial charge in [-0.3, -0.25) is 0 Å². The van der Waals surface area contributed by atoms with Gasteiger partial charge in [-0.05, 0) is 12.1 Å². The second-order valence-electron chi connectivity index (χ2n) is 1.81. The van der Waals surface area contributed by atoms with Crippen molar-refractivity contribution in [2.75, 3.05) is 0 Å². The molecule has 0 fully saturated rings. The molecule has 1 aromatic carbocycles. The third-order valence-electron chi connectivity index (χ3n) is 1.22. The zero-order chi connectivity index (χ0) is 6.10. The molecular formula is C6H5N3Pb. The predicted molar refractivity (Wildman–Crippen MR) is 39.6 cm³/mol. The molecule has 0 aliphatic rings. The fourth-order valence-electron chi connectivity index (χ4n) is 0.786. The van der Waals surface area contributed by atoms with Gasteiger partial charge in [0, 0.05) is 27.3 Å². The van der Waals surface area contributed by atoms with E-state index in [0.717, 1.165) is 11.0 Å². The molecule has 1 heterocycles. The molecule has 0 amide bonds. The van der Waals surface area contributed by atoms with Crippen LogP contribution in [0.1, 0.15) is 0 Å². The summed E-state index contributed by atoms with van der Waals surface area (Å²) in [6, 6.07) is 7.70. The summed E-state index contributed by atoms with van der Waals surface area (Å²) in [7, 11) is 0. The first-order chi connectivity index (χ1) is 4.47. The molecule has 3 nitrogen and oxygen atoms in total. The van der Waals surface area contributed by atoms with Gasteiger partial charge in [-0.25, -0.2) is 0 Å². The number of hydrogen-bond acceptors (Lipinski definition) is 2. The number of nitrogens with one attached hydrogen (secondary N) is 1. The van der Waals surface area contributed by atoms with E-state index in [1.807, 2.05) is 24.3 Å². The molecule has 0 saturated heterocycles. The average molecular weight is 326 g/mol. The van der Waals surface area contributed by atoms with Crippen molar-refractivity contribution >= 4 is 38.3 Å². The molecule has 0 saturated carbocycles. The Labute approximate surface area is 78.0 Å². The summed E-state index contributed by atoms with van der Waals surface area (Å²) in [4.78, 5) is 0. The number of fused-ring (bicyclic) bond motifs is 1. The van der Waals surface area contributed by atoms with Crippen LogP contribution >= 0.6 is 0 Å². The smallest absolute Gasteiger partial charge is 0.112 e. The molecule has 2 aromatic rings. The van der Waals surface area contributed by atoms with Crippen molar-refractivity contribution in [3.05, 3.63) is 24.3 Å². The maximum atomic E-state index is 3.88. The number of H-pyrrole nitrogens is 1. The van der Waals surface area contributed by atoms with Crippen LogP contribution in [0.5, 0.6) is 0 Å². The van der Waals surface area contributed by atoms with Crippen LogP contribution in [0, 0.1) is 0 Å². The molecule has 4 heteroatoms. The Bertz CT molecular complexity index is 287. The van der Waals surface area contributed by atoms with Gasteiger partial charge in [0.05, 0.1) is 0 Å². The van der Waals surface area contributed by atoms with Crippen molar-refractivity contribution in [2.24, 2.45) is 0 Å². The minimum atomic E-state index is 0. The molecule has 0 unspecified atom stereocenters. The maximum Gasteiger partial charge on any atom is 0.112 e. The van der Waals surface area contributed by atoms with E-state index < -0.39 is 0 Å². The second kappa shape index (κ2) is 3.09. The number of aromatic nitrogens is 3. The summed E-state index contributed by atoms with van der Waals surface area (Å²) in [5.41, 5.74) is 1.83. The molecule has 4 radical (unpaired) electrons. The molecule has 0 aliphatic heterocycles. The molecule has 2 rings (SSSR count). The molecule has 0 spiro atoms. The van der Waals surface area contributed by atoms with Gasteiger partial charge >= 0.3 is 0 Å².